The number of anilines is 1. The number of nitrogens with zero attached hydrogens (tertiary/aromatic N) is 2. The molecule has 0 N–H and O–H groups in total. The van der Waals surface area contributed by atoms with Crippen molar-refractivity contribution in [2.45, 2.75) is 13.1 Å². The quantitative estimate of drug-likeness (QED) is 0.423. The number of amidine groups is 1. The van der Waals surface area contributed by atoms with Crippen LogP contribution in [0, 0.1) is 12.7 Å². The topological polar surface area (TPSA) is 15.6 Å². The molecule has 0 heterocycles. The maximum atomic E-state index is 13.3. The van der Waals surface area contributed by atoms with Gasteiger partial charge in [0.2, 0.25) is 5.84 Å². The van der Waals surface area contributed by atoms with Crippen molar-refractivity contribution in [3.63, 3.8) is 0 Å². The van der Waals surface area contributed by atoms with E-state index in [2.05, 4.69) is 4.99 Å². The molecule has 0 aromatic heterocycles. The molecule has 1 rings (SSSR count). The molecule has 0 saturated carbocycles. The largest absolute Gasteiger partial charge is 0.449 e. The predicted octanol–water partition coefficient (Wildman–Crippen LogP) is 3.16. The van der Waals surface area contributed by atoms with E-state index < -0.39 is 17.8 Å². The van der Waals surface area contributed by atoms with Crippen LogP contribution < -0.4 is 4.90 Å². The summed E-state index contributed by atoms with van der Waals surface area (Å²) < 4.78 is 51.1. The molecular weight excluding hydrogens is 236 g/mol. The molecule has 0 amide bonds. The molecule has 0 spiro atoms. The second-order valence-corrected chi connectivity index (χ2v) is 3.49. The number of alkyl halides is 3. The van der Waals surface area contributed by atoms with Crippen LogP contribution in [0.25, 0.3) is 0 Å². The lowest BCUT2D eigenvalue weighted by Gasteiger charge is -2.24. The van der Waals surface area contributed by atoms with Crippen molar-refractivity contribution in [3.8, 4) is 0 Å². The third-order valence-electron chi connectivity index (χ3n) is 2.38. The van der Waals surface area contributed by atoms with Crippen molar-refractivity contribution in [2.24, 2.45) is 4.99 Å². The second-order valence-electron chi connectivity index (χ2n) is 3.49. The van der Waals surface area contributed by atoms with Gasteiger partial charge in [-0.1, -0.05) is 6.07 Å². The number of halogens is 4. The molecule has 0 aliphatic rings. The fourth-order valence-corrected chi connectivity index (χ4v) is 1.54. The molecule has 0 unspecified atom stereocenters. The molecule has 1 aromatic rings. The Morgan fingerprint density at radius 3 is 2.35 bits per heavy atom. The van der Waals surface area contributed by atoms with Gasteiger partial charge in [0, 0.05) is 25.3 Å². The van der Waals surface area contributed by atoms with E-state index in [4.69, 9.17) is 0 Å². The highest BCUT2D eigenvalue weighted by atomic mass is 19.4. The molecule has 0 saturated heterocycles. The second kappa shape index (κ2) is 4.73. The van der Waals surface area contributed by atoms with Gasteiger partial charge in [0.15, 0.2) is 0 Å². The Morgan fingerprint density at radius 2 is 1.88 bits per heavy atom. The van der Waals surface area contributed by atoms with Crippen molar-refractivity contribution in [2.75, 3.05) is 19.0 Å². The highest BCUT2D eigenvalue weighted by Gasteiger charge is 2.39. The van der Waals surface area contributed by atoms with E-state index in [0.717, 1.165) is 11.9 Å². The van der Waals surface area contributed by atoms with Gasteiger partial charge in [-0.2, -0.15) is 13.2 Å². The van der Waals surface area contributed by atoms with Crippen LogP contribution in [-0.4, -0.2) is 26.1 Å². The third-order valence-corrected chi connectivity index (χ3v) is 2.38. The average molecular weight is 248 g/mol. The van der Waals surface area contributed by atoms with Crippen LogP contribution in [0.4, 0.5) is 23.2 Å². The molecular formula is C11H12F4N2. The Hall–Kier alpha value is -1.59. The molecule has 94 valence electrons. The summed E-state index contributed by atoms with van der Waals surface area (Å²) in [5.41, 5.74) is 0.295. The highest BCUT2D eigenvalue weighted by molar-refractivity contribution is 6.01. The first-order valence-electron chi connectivity index (χ1n) is 4.82. The van der Waals surface area contributed by atoms with Gasteiger partial charge in [0.1, 0.15) is 5.82 Å². The maximum Gasteiger partial charge on any atom is 0.449 e. The number of hydrogen-bond acceptors (Lipinski definition) is 1. The van der Waals surface area contributed by atoms with Crippen LogP contribution in [0.2, 0.25) is 0 Å². The van der Waals surface area contributed by atoms with Gasteiger partial charge in [-0.05, 0) is 19.1 Å². The Balaban J connectivity index is 3.21. The Morgan fingerprint density at radius 1 is 1.29 bits per heavy atom. The molecule has 1 aromatic carbocycles. The molecule has 6 heteroatoms. The van der Waals surface area contributed by atoms with Gasteiger partial charge in [0.05, 0.1) is 0 Å². The Labute approximate surface area is 96.6 Å². The summed E-state index contributed by atoms with van der Waals surface area (Å²) in [6.07, 6.45) is -4.57. The zero-order valence-electron chi connectivity index (χ0n) is 9.64. The van der Waals surface area contributed by atoms with Gasteiger partial charge in [-0.15, -0.1) is 0 Å². The first kappa shape index (κ1) is 13.5. The molecule has 0 aliphatic carbocycles. The summed E-state index contributed by atoms with van der Waals surface area (Å²) in [7, 11) is 2.26. The number of benzene rings is 1. The zero-order chi connectivity index (χ0) is 13.2. The first-order chi connectivity index (χ1) is 7.79. The van der Waals surface area contributed by atoms with Crippen LogP contribution >= 0.6 is 0 Å². The van der Waals surface area contributed by atoms with Gasteiger partial charge >= 0.3 is 6.18 Å². The van der Waals surface area contributed by atoms with Crippen molar-refractivity contribution >= 4 is 11.5 Å². The van der Waals surface area contributed by atoms with E-state index in [9.17, 15) is 17.6 Å². The summed E-state index contributed by atoms with van der Waals surface area (Å²) >= 11 is 0. The number of aliphatic imine (C=N–C) groups is 1. The van der Waals surface area contributed by atoms with E-state index in [1.54, 1.807) is 0 Å². The predicted molar refractivity (Wildman–Crippen MR) is 59.0 cm³/mol. The van der Waals surface area contributed by atoms with Crippen LogP contribution in [-0.2, 0) is 0 Å². The smallest absolute Gasteiger partial charge is 0.325 e. The van der Waals surface area contributed by atoms with Crippen molar-refractivity contribution < 1.29 is 17.6 Å². The minimum Gasteiger partial charge on any atom is -0.325 e. The highest BCUT2D eigenvalue weighted by Crippen LogP contribution is 2.27. The van der Waals surface area contributed by atoms with E-state index >= 15 is 0 Å². The number of hydrogen-bond donors (Lipinski definition) is 0. The fourth-order valence-electron chi connectivity index (χ4n) is 1.54. The van der Waals surface area contributed by atoms with Gasteiger partial charge in [0.25, 0.3) is 0 Å². The lowest BCUT2D eigenvalue weighted by Crippen LogP contribution is -2.39. The fraction of sp³-hybridized carbons (Fsp3) is 0.364. The summed E-state index contributed by atoms with van der Waals surface area (Å²) in [6.45, 7) is 1.42. The van der Waals surface area contributed by atoms with Crippen molar-refractivity contribution in [1.82, 2.24) is 0 Å². The van der Waals surface area contributed by atoms with Crippen molar-refractivity contribution in [3.05, 3.63) is 29.6 Å². The molecule has 0 fully saturated rings. The van der Waals surface area contributed by atoms with Crippen LogP contribution in [0.3, 0.4) is 0 Å². The lowest BCUT2D eigenvalue weighted by molar-refractivity contribution is -0.0600. The molecule has 0 atom stereocenters. The van der Waals surface area contributed by atoms with Crippen LogP contribution in [0.5, 0.6) is 0 Å². The molecule has 0 bridgehead atoms. The van der Waals surface area contributed by atoms with Crippen LogP contribution in [0.1, 0.15) is 5.56 Å². The zero-order valence-corrected chi connectivity index (χ0v) is 9.64. The minimum atomic E-state index is -4.57. The molecule has 2 nitrogen and oxygen atoms in total. The lowest BCUT2D eigenvalue weighted by atomic mass is 10.1. The van der Waals surface area contributed by atoms with Crippen LogP contribution in [0.15, 0.2) is 23.2 Å². The average Bonchev–Trinajstić information content (AvgIpc) is 2.20. The molecule has 0 aliphatic heterocycles. The van der Waals surface area contributed by atoms with E-state index in [-0.39, 0.29) is 11.3 Å². The monoisotopic (exact) mass is 248 g/mol. The summed E-state index contributed by atoms with van der Waals surface area (Å²) in [5.74, 6) is -1.61. The molecule has 0 radical (unpaired) electrons. The summed E-state index contributed by atoms with van der Waals surface area (Å²) in [4.78, 5) is 4.03. The van der Waals surface area contributed by atoms with Gasteiger partial charge < -0.3 is 4.90 Å². The Bertz CT molecular complexity index is 438. The van der Waals surface area contributed by atoms with Gasteiger partial charge in [-0.25, -0.2) is 4.39 Å². The third kappa shape index (κ3) is 2.75. The van der Waals surface area contributed by atoms with E-state index in [1.165, 1.54) is 32.2 Å². The first-order valence-corrected chi connectivity index (χ1v) is 4.82. The minimum absolute atomic E-state index is 0.142. The SMILES string of the molecule is C/N=C(/N(C)c1cccc(F)c1C)C(F)(F)F. The summed E-state index contributed by atoms with van der Waals surface area (Å²) in [6, 6.07) is 3.97. The normalized spacial score (nSPS) is 12.8. The van der Waals surface area contributed by atoms with Crippen molar-refractivity contribution in [1.29, 1.82) is 0 Å². The van der Waals surface area contributed by atoms with E-state index in [0.29, 0.717) is 0 Å². The summed E-state index contributed by atoms with van der Waals surface area (Å²) in [5, 5.41) is 0. The standard InChI is InChI=1S/C11H12F4N2/c1-7-8(12)5-4-6-9(7)17(3)10(16-2)11(13,14)15/h4-6H,1-3H3/b16-10+. The van der Waals surface area contributed by atoms with Gasteiger partial charge in [-0.3, -0.25) is 4.99 Å². The number of rotatable bonds is 1. The Kier molecular flexibility index (Phi) is 3.75. The molecule has 17 heavy (non-hydrogen) atoms. The van der Waals surface area contributed by atoms with E-state index in [1.807, 2.05) is 0 Å². The maximum absolute atomic E-state index is 13.3.